The van der Waals surface area contributed by atoms with Gasteiger partial charge in [-0.15, -0.1) is 11.3 Å². The van der Waals surface area contributed by atoms with Gasteiger partial charge >= 0.3 is 11.7 Å². The lowest BCUT2D eigenvalue weighted by Gasteiger charge is -2.33. The van der Waals surface area contributed by atoms with Gasteiger partial charge in [-0.2, -0.15) is 0 Å². The van der Waals surface area contributed by atoms with Crippen LogP contribution < -0.4 is 11.2 Å². The lowest BCUT2D eigenvalue weighted by molar-refractivity contribution is -0.146. The number of nitrogens with zero attached hydrogens (tertiary/aromatic N) is 2. The molecule has 22 heavy (non-hydrogen) atoms. The maximum absolute atomic E-state index is 12.8. The van der Waals surface area contributed by atoms with E-state index in [0.29, 0.717) is 29.6 Å². The summed E-state index contributed by atoms with van der Waals surface area (Å²) >= 11 is 4.81. The van der Waals surface area contributed by atoms with E-state index >= 15 is 0 Å². The summed E-state index contributed by atoms with van der Waals surface area (Å²) in [6.07, 6.45) is 0.675. The zero-order valence-electron chi connectivity index (χ0n) is 12.1. The molecule has 3 rings (SSSR count). The van der Waals surface area contributed by atoms with Gasteiger partial charge in [0.25, 0.3) is 5.56 Å². The summed E-state index contributed by atoms with van der Waals surface area (Å²) in [5, 5.41) is 9.53. The predicted molar refractivity (Wildman–Crippen MR) is 87.9 cm³/mol. The van der Waals surface area contributed by atoms with Crippen LogP contribution in [0.2, 0.25) is 0 Å². The van der Waals surface area contributed by atoms with Crippen LogP contribution in [0.3, 0.4) is 0 Å². The molecule has 0 aliphatic heterocycles. The largest absolute Gasteiger partial charge is 0.481 e. The molecular weight excluding hydrogens is 372 g/mol. The molecule has 0 saturated heterocycles. The van der Waals surface area contributed by atoms with Crippen LogP contribution >= 0.6 is 27.3 Å². The monoisotopic (exact) mass is 386 g/mol. The number of fused-ring (bicyclic) bond motifs is 1. The fourth-order valence-corrected chi connectivity index (χ4v) is 4.68. The van der Waals surface area contributed by atoms with E-state index in [1.807, 2.05) is 13.8 Å². The number of thiophene rings is 1. The molecule has 0 amide bonds. The van der Waals surface area contributed by atoms with Crippen molar-refractivity contribution in [1.29, 1.82) is 0 Å². The molecule has 1 saturated carbocycles. The number of rotatable bonds is 3. The Hall–Kier alpha value is -1.41. The van der Waals surface area contributed by atoms with Gasteiger partial charge in [0.15, 0.2) is 0 Å². The SMILES string of the molecule is CCn1c(=O)n(C2CC(C(=O)O)C2)c(=O)c2c(C)c(Br)sc21. The average Bonchev–Trinajstić information content (AvgIpc) is 2.68. The van der Waals surface area contributed by atoms with Crippen molar-refractivity contribution < 1.29 is 9.90 Å². The fraction of sp³-hybridized carbons (Fsp3) is 0.500. The van der Waals surface area contributed by atoms with Crippen molar-refractivity contribution in [3.8, 4) is 0 Å². The second-order valence-corrected chi connectivity index (χ2v) is 7.86. The number of carboxylic acid groups (broad SMARTS) is 1. The summed E-state index contributed by atoms with van der Waals surface area (Å²) in [4.78, 5) is 37.0. The van der Waals surface area contributed by atoms with Crippen molar-refractivity contribution in [3.05, 3.63) is 30.2 Å². The minimum Gasteiger partial charge on any atom is -0.481 e. The summed E-state index contributed by atoms with van der Waals surface area (Å²) in [6.45, 7) is 4.18. The molecule has 1 aliphatic carbocycles. The molecule has 0 unspecified atom stereocenters. The van der Waals surface area contributed by atoms with Crippen molar-refractivity contribution in [2.75, 3.05) is 0 Å². The summed E-state index contributed by atoms with van der Waals surface area (Å²) in [5.74, 6) is -1.33. The first-order valence-electron chi connectivity index (χ1n) is 7.03. The first-order chi connectivity index (χ1) is 10.4. The Morgan fingerprint density at radius 3 is 2.59 bits per heavy atom. The van der Waals surface area contributed by atoms with Gasteiger partial charge in [0.05, 0.1) is 15.1 Å². The van der Waals surface area contributed by atoms with Crippen LogP contribution in [-0.2, 0) is 11.3 Å². The number of halogens is 1. The number of aromatic nitrogens is 2. The molecule has 1 fully saturated rings. The lowest BCUT2D eigenvalue weighted by atomic mass is 9.80. The van der Waals surface area contributed by atoms with Crippen LogP contribution in [0.25, 0.3) is 10.2 Å². The van der Waals surface area contributed by atoms with Crippen LogP contribution in [0.5, 0.6) is 0 Å². The average molecular weight is 387 g/mol. The van der Waals surface area contributed by atoms with E-state index in [-0.39, 0.29) is 17.3 Å². The Bertz CT molecular complexity index is 889. The number of hydrogen-bond acceptors (Lipinski definition) is 4. The van der Waals surface area contributed by atoms with Crippen LogP contribution in [0, 0.1) is 12.8 Å². The molecule has 0 bridgehead atoms. The van der Waals surface area contributed by atoms with Gasteiger partial charge in [-0.05, 0) is 48.2 Å². The van der Waals surface area contributed by atoms with E-state index in [4.69, 9.17) is 5.11 Å². The van der Waals surface area contributed by atoms with E-state index < -0.39 is 11.9 Å². The van der Waals surface area contributed by atoms with Gasteiger partial charge in [-0.3, -0.25) is 18.7 Å². The molecule has 1 N–H and O–H groups in total. The molecule has 2 aromatic rings. The van der Waals surface area contributed by atoms with Crippen molar-refractivity contribution in [2.24, 2.45) is 5.92 Å². The normalized spacial score (nSPS) is 21.0. The summed E-state index contributed by atoms with van der Waals surface area (Å²) < 4.78 is 3.68. The van der Waals surface area contributed by atoms with Gasteiger partial charge in [-0.1, -0.05) is 0 Å². The van der Waals surface area contributed by atoms with Crippen molar-refractivity contribution in [1.82, 2.24) is 9.13 Å². The Labute approximate surface area is 138 Å². The summed E-state index contributed by atoms with van der Waals surface area (Å²) in [5.41, 5.74) is 0.177. The fourth-order valence-electron chi connectivity index (χ4n) is 2.94. The van der Waals surface area contributed by atoms with Crippen LogP contribution in [0.4, 0.5) is 0 Å². The molecule has 1 aliphatic rings. The molecule has 8 heteroatoms. The van der Waals surface area contributed by atoms with Gasteiger partial charge < -0.3 is 5.11 Å². The smallest absolute Gasteiger partial charge is 0.332 e. The highest BCUT2D eigenvalue weighted by Crippen LogP contribution is 2.37. The Morgan fingerprint density at radius 2 is 2.05 bits per heavy atom. The number of aryl methyl sites for hydroxylation is 2. The Morgan fingerprint density at radius 1 is 1.41 bits per heavy atom. The molecule has 6 nitrogen and oxygen atoms in total. The number of aliphatic carboxylic acids is 1. The van der Waals surface area contributed by atoms with Gasteiger partial charge in [0.2, 0.25) is 0 Å². The van der Waals surface area contributed by atoms with E-state index in [0.717, 1.165) is 9.35 Å². The van der Waals surface area contributed by atoms with E-state index in [1.54, 1.807) is 4.57 Å². The summed E-state index contributed by atoms with van der Waals surface area (Å²) in [7, 11) is 0. The minimum atomic E-state index is -0.865. The third-order valence-corrected chi connectivity index (χ3v) is 6.51. The van der Waals surface area contributed by atoms with E-state index in [1.165, 1.54) is 15.9 Å². The molecular formula is C14H15BrN2O4S. The van der Waals surface area contributed by atoms with E-state index in [2.05, 4.69) is 15.9 Å². The van der Waals surface area contributed by atoms with Crippen molar-refractivity contribution >= 4 is 43.5 Å². The van der Waals surface area contributed by atoms with Gasteiger partial charge in [0.1, 0.15) is 4.83 Å². The van der Waals surface area contributed by atoms with Gasteiger partial charge in [-0.25, -0.2) is 4.79 Å². The zero-order valence-corrected chi connectivity index (χ0v) is 14.5. The topological polar surface area (TPSA) is 81.3 Å². The second-order valence-electron chi connectivity index (χ2n) is 5.54. The molecule has 0 spiro atoms. The van der Waals surface area contributed by atoms with Crippen LogP contribution in [0.1, 0.15) is 31.4 Å². The maximum atomic E-state index is 12.8. The molecule has 118 valence electrons. The van der Waals surface area contributed by atoms with Crippen LogP contribution in [-0.4, -0.2) is 20.2 Å². The lowest BCUT2D eigenvalue weighted by Crippen LogP contribution is -2.46. The summed E-state index contributed by atoms with van der Waals surface area (Å²) in [6, 6.07) is -0.318. The highest BCUT2D eigenvalue weighted by atomic mass is 79.9. The molecule has 0 atom stereocenters. The second kappa shape index (κ2) is 5.34. The Kier molecular flexibility index (Phi) is 3.76. The standard InChI is InChI=1S/C14H15BrN2O4S/c1-3-16-12-9(6(2)10(15)22-12)11(18)17(14(16)21)8-4-7(5-8)13(19)20/h7-8H,3-5H2,1-2H3,(H,19,20). The highest BCUT2D eigenvalue weighted by Gasteiger charge is 2.38. The maximum Gasteiger partial charge on any atom is 0.332 e. The quantitative estimate of drug-likeness (QED) is 0.877. The number of carbonyl (C=O) groups is 1. The molecule has 2 heterocycles. The molecule has 0 radical (unpaired) electrons. The van der Waals surface area contributed by atoms with Gasteiger partial charge in [0, 0.05) is 12.6 Å². The third-order valence-electron chi connectivity index (χ3n) is 4.33. The number of hydrogen-bond donors (Lipinski definition) is 1. The molecule has 2 aromatic heterocycles. The van der Waals surface area contributed by atoms with Crippen molar-refractivity contribution in [3.63, 3.8) is 0 Å². The zero-order chi connectivity index (χ0) is 16.2. The Balaban J connectivity index is 2.24. The van der Waals surface area contributed by atoms with Crippen LogP contribution in [0.15, 0.2) is 13.4 Å². The first-order valence-corrected chi connectivity index (χ1v) is 8.64. The predicted octanol–water partition coefficient (Wildman–Crippen LogP) is 2.35. The molecule has 0 aromatic carbocycles. The third kappa shape index (κ3) is 2.08. The minimum absolute atomic E-state index is 0.307. The first kappa shape index (κ1) is 15.5. The number of carboxylic acids is 1. The van der Waals surface area contributed by atoms with Crippen molar-refractivity contribution in [2.45, 2.75) is 39.3 Å². The van der Waals surface area contributed by atoms with E-state index in [9.17, 15) is 14.4 Å². The highest BCUT2D eigenvalue weighted by molar-refractivity contribution is 9.11.